The Morgan fingerprint density at radius 1 is 1.39 bits per heavy atom. The number of carbonyl (C=O) groups excluding carboxylic acids is 2. The van der Waals surface area contributed by atoms with Crippen LogP contribution in [-0.2, 0) is 9.53 Å². The molecule has 2 fully saturated rings. The first kappa shape index (κ1) is 14.1. The number of likely N-dealkylation sites (N-methyl/N-ethyl adjacent to an activating group) is 1. The molecule has 4 heterocycles. The first-order chi connectivity index (χ1) is 11.1. The Labute approximate surface area is 132 Å². The smallest absolute Gasteiger partial charge is 0.272 e. The van der Waals surface area contributed by atoms with Crippen LogP contribution in [0, 0.1) is 0 Å². The number of nitrogens with one attached hydrogen (secondary N) is 1. The fraction of sp³-hybridized carbons (Fsp3) is 0.467. The van der Waals surface area contributed by atoms with Crippen molar-refractivity contribution in [3.05, 3.63) is 24.0 Å². The van der Waals surface area contributed by atoms with Crippen LogP contribution in [0.25, 0.3) is 11.0 Å². The van der Waals surface area contributed by atoms with Gasteiger partial charge in [0.15, 0.2) is 5.65 Å². The van der Waals surface area contributed by atoms with E-state index in [1.54, 1.807) is 29.1 Å². The summed E-state index contributed by atoms with van der Waals surface area (Å²) in [5, 5.41) is 7.54. The summed E-state index contributed by atoms with van der Waals surface area (Å²) < 4.78 is 5.75. The molecule has 0 aromatic carbocycles. The highest BCUT2D eigenvalue weighted by Gasteiger charge is 2.41. The molecule has 0 unspecified atom stereocenters. The molecule has 0 spiro atoms. The van der Waals surface area contributed by atoms with Gasteiger partial charge in [-0.25, -0.2) is 4.98 Å². The minimum atomic E-state index is -0.154. The lowest BCUT2D eigenvalue weighted by Crippen LogP contribution is -2.43. The SMILES string of the molecule is CN1C(=O)CCO[C@H]2CN(C(=O)c3ccc4cn[nH]c4n3)C[C@@H]21. The van der Waals surface area contributed by atoms with Gasteiger partial charge in [-0.1, -0.05) is 0 Å². The van der Waals surface area contributed by atoms with Crippen LogP contribution in [-0.4, -0.2) is 75.7 Å². The average molecular weight is 315 g/mol. The van der Waals surface area contributed by atoms with Gasteiger partial charge in [0.1, 0.15) is 5.69 Å². The zero-order chi connectivity index (χ0) is 16.0. The number of carbonyl (C=O) groups is 2. The van der Waals surface area contributed by atoms with Gasteiger partial charge in [0, 0.05) is 25.5 Å². The van der Waals surface area contributed by atoms with Gasteiger partial charge in [-0.15, -0.1) is 0 Å². The third-order valence-electron chi connectivity index (χ3n) is 4.58. The van der Waals surface area contributed by atoms with Crippen molar-refractivity contribution >= 4 is 22.8 Å². The molecule has 2 atom stereocenters. The van der Waals surface area contributed by atoms with E-state index in [1.165, 1.54) is 0 Å². The van der Waals surface area contributed by atoms with E-state index in [1.807, 2.05) is 6.07 Å². The summed E-state index contributed by atoms with van der Waals surface area (Å²) in [6, 6.07) is 3.42. The second-order valence-electron chi connectivity index (χ2n) is 5.95. The van der Waals surface area contributed by atoms with Crippen LogP contribution in [0.3, 0.4) is 0 Å². The van der Waals surface area contributed by atoms with Crippen molar-refractivity contribution in [3.63, 3.8) is 0 Å². The summed E-state index contributed by atoms with van der Waals surface area (Å²) in [6.07, 6.45) is 1.93. The zero-order valence-electron chi connectivity index (χ0n) is 12.7. The second-order valence-corrected chi connectivity index (χ2v) is 5.95. The summed E-state index contributed by atoms with van der Waals surface area (Å²) in [4.78, 5) is 32.4. The zero-order valence-corrected chi connectivity index (χ0v) is 12.7. The number of pyridine rings is 1. The van der Waals surface area contributed by atoms with E-state index in [9.17, 15) is 9.59 Å². The first-order valence-corrected chi connectivity index (χ1v) is 7.60. The molecule has 2 saturated heterocycles. The van der Waals surface area contributed by atoms with Crippen LogP contribution >= 0.6 is 0 Å². The molecule has 8 heteroatoms. The van der Waals surface area contributed by atoms with E-state index in [-0.39, 0.29) is 24.0 Å². The molecule has 120 valence electrons. The Kier molecular flexibility index (Phi) is 3.26. The molecule has 0 saturated carbocycles. The van der Waals surface area contributed by atoms with Gasteiger partial charge in [-0.05, 0) is 12.1 Å². The average Bonchev–Trinajstić information content (AvgIpc) is 3.16. The maximum atomic E-state index is 12.7. The molecule has 0 radical (unpaired) electrons. The van der Waals surface area contributed by atoms with E-state index >= 15 is 0 Å². The third kappa shape index (κ3) is 2.35. The summed E-state index contributed by atoms with van der Waals surface area (Å²) in [7, 11) is 1.78. The minimum Gasteiger partial charge on any atom is -0.374 e. The van der Waals surface area contributed by atoms with Gasteiger partial charge < -0.3 is 14.5 Å². The van der Waals surface area contributed by atoms with Gasteiger partial charge in [0.25, 0.3) is 5.91 Å². The molecule has 2 aliphatic rings. The Balaban J connectivity index is 1.56. The summed E-state index contributed by atoms with van der Waals surface area (Å²) in [5.74, 6) is -0.0946. The van der Waals surface area contributed by atoms with Crippen molar-refractivity contribution in [1.82, 2.24) is 25.0 Å². The quantitative estimate of drug-likeness (QED) is 0.801. The lowest BCUT2D eigenvalue weighted by atomic mass is 10.2. The summed E-state index contributed by atoms with van der Waals surface area (Å²) >= 11 is 0. The highest BCUT2D eigenvalue weighted by molar-refractivity contribution is 5.94. The lowest BCUT2D eigenvalue weighted by molar-refractivity contribution is -0.131. The number of ether oxygens (including phenoxy) is 1. The van der Waals surface area contributed by atoms with Crippen molar-refractivity contribution < 1.29 is 14.3 Å². The predicted octanol–water partition coefficient (Wildman–Crippen LogP) is 0.0296. The molecule has 2 aliphatic heterocycles. The molecule has 4 rings (SSSR count). The van der Waals surface area contributed by atoms with Gasteiger partial charge in [-0.2, -0.15) is 5.10 Å². The molecule has 1 N–H and O–H groups in total. The normalized spacial score (nSPS) is 24.8. The van der Waals surface area contributed by atoms with Crippen LogP contribution in [0.15, 0.2) is 18.3 Å². The second kappa shape index (κ2) is 5.31. The predicted molar refractivity (Wildman–Crippen MR) is 80.7 cm³/mol. The Hall–Kier alpha value is -2.48. The molecule has 2 aromatic heterocycles. The Morgan fingerprint density at radius 2 is 2.26 bits per heavy atom. The molecule has 2 amide bonds. The summed E-state index contributed by atoms with van der Waals surface area (Å²) in [6.45, 7) is 1.35. The number of rotatable bonds is 1. The van der Waals surface area contributed by atoms with E-state index in [0.29, 0.717) is 37.5 Å². The highest BCUT2D eigenvalue weighted by atomic mass is 16.5. The standard InChI is InChI=1S/C15H17N5O3/c1-19-11-7-20(8-12(11)23-5-4-13(19)21)15(22)10-3-2-9-6-16-18-14(9)17-10/h2-3,6,11-12H,4-5,7-8H2,1H3,(H,16,17,18)/t11-,12-/m0/s1. The molecule has 0 aliphatic carbocycles. The molecular formula is C15H17N5O3. The number of amides is 2. The number of nitrogens with zero attached hydrogens (tertiary/aromatic N) is 4. The van der Waals surface area contributed by atoms with Crippen molar-refractivity contribution in [2.45, 2.75) is 18.6 Å². The minimum absolute atomic E-state index is 0.0591. The van der Waals surface area contributed by atoms with Gasteiger partial charge in [0.2, 0.25) is 5.91 Å². The number of likely N-dealkylation sites (tertiary alicyclic amines) is 1. The maximum Gasteiger partial charge on any atom is 0.272 e. The van der Waals surface area contributed by atoms with E-state index in [2.05, 4.69) is 15.2 Å². The maximum absolute atomic E-state index is 12.7. The molecular weight excluding hydrogens is 298 g/mol. The molecule has 8 nitrogen and oxygen atoms in total. The lowest BCUT2D eigenvalue weighted by Gasteiger charge is -2.25. The van der Waals surface area contributed by atoms with Crippen molar-refractivity contribution in [1.29, 1.82) is 0 Å². The number of fused-ring (bicyclic) bond motifs is 2. The van der Waals surface area contributed by atoms with Crippen molar-refractivity contribution in [2.24, 2.45) is 0 Å². The first-order valence-electron chi connectivity index (χ1n) is 7.60. The fourth-order valence-corrected chi connectivity index (χ4v) is 3.22. The van der Waals surface area contributed by atoms with Gasteiger partial charge in [-0.3, -0.25) is 14.7 Å². The van der Waals surface area contributed by atoms with Crippen LogP contribution in [0.1, 0.15) is 16.9 Å². The van der Waals surface area contributed by atoms with Crippen molar-refractivity contribution in [2.75, 3.05) is 26.7 Å². The largest absolute Gasteiger partial charge is 0.374 e. The third-order valence-corrected chi connectivity index (χ3v) is 4.58. The molecule has 0 bridgehead atoms. The van der Waals surface area contributed by atoms with E-state index < -0.39 is 0 Å². The highest BCUT2D eigenvalue weighted by Crippen LogP contribution is 2.23. The van der Waals surface area contributed by atoms with E-state index in [4.69, 9.17) is 4.74 Å². The Morgan fingerprint density at radius 3 is 3.13 bits per heavy atom. The molecule has 2 aromatic rings. The number of H-pyrrole nitrogens is 1. The Bertz CT molecular complexity index is 773. The number of hydrogen-bond acceptors (Lipinski definition) is 5. The van der Waals surface area contributed by atoms with Crippen LogP contribution in [0.4, 0.5) is 0 Å². The summed E-state index contributed by atoms with van der Waals surface area (Å²) in [5.41, 5.74) is 0.958. The number of hydrogen-bond donors (Lipinski definition) is 1. The van der Waals surface area contributed by atoms with Crippen LogP contribution < -0.4 is 0 Å². The monoisotopic (exact) mass is 315 g/mol. The van der Waals surface area contributed by atoms with E-state index in [0.717, 1.165) is 5.39 Å². The van der Waals surface area contributed by atoms with Crippen LogP contribution in [0.5, 0.6) is 0 Å². The van der Waals surface area contributed by atoms with Gasteiger partial charge in [0.05, 0.1) is 31.4 Å². The number of aromatic nitrogens is 3. The number of aromatic amines is 1. The van der Waals surface area contributed by atoms with Crippen molar-refractivity contribution in [3.8, 4) is 0 Å². The molecule has 23 heavy (non-hydrogen) atoms. The van der Waals surface area contributed by atoms with Gasteiger partial charge >= 0.3 is 0 Å². The van der Waals surface area contributed by atoms with Crippen LogP contribution in [0.2, 0.25) is 0 Å². The fourth-order valence-electron chi connectivity index (χ4n) is 3.22. The topological polar surface area (TPSA) is 91.4 Å².